The number of hydrogen-bond acceptors (Lipinski definition) is 3. The Bertz CT molecular complexity index is 467. The maximum absolute atomic E-state index is 11.9. The molecule has 0 saturated carbocycles. The Kier molecular flexibility index (Phi) is 2.33. The molecule has 0 radical (unpaired) electrons. The molecule has 2 aliphatic heterocycles. The third-order valence-corrected chi connectivity index (χ3v) is 3.70. The summed E-state index contributed by atoms with van der Waals surface area (Å²) in [6.45, 7) is 2.74. The third kappa shape index (κ3) is 1.49. The predicted molar refractivity (Wildman–Crippen MR) is 60.3 cm³/mol. The first-order valence-electron chi connectivity index (χ1n) is 5.83. The molecule has 1 fully saturated rings. The predicted octanol–water partition coefficient (Wildman–Crippen LogP) is 0.0473. The van der Waals surface area contributed by atoms with Gasteiger partial charge in [0.25, 0.3) is 5.56 Å². The van der Waals surface area contributed by atoms with E-state index in [1.54, 1.807) is 6.07 Å². The molecule has 4 nitrogen and oxygen atoms in total. The molecule has 3 rings (SSSR count). The summed E-state index contributed by atoms with van der Waals surface area (Å²) >= 11 is 0. The highest BCUT2D eigenvalue weighted by molar-refractivity contribution is 5.23. The number of fused-ring (bicyclic) bond motifs is 4. The Balaban J connectivity index is 2.13. The van der Waals surface area contributed by atoms with Crippen molar-refractivity contribution in [1.82, 2.24) is 9.88 Å². The van der Waals surface area contributed by atoms with Gasteiger partial charge in [-0.2, -0.15) is 0 Å². The first kappa shape index (κ1) is 10.1. The maximum atomic E-state index is 11.9. The van der Waals surface area contributed by atoms with Crippen molar-refractivity contribution in [3.05, 3.63) is 33.7 Å². The summed E-state index contributed by atoms with van der Waals surface area (Å²) in [5.41, 5.74) is 1.87. The summed E-state index contributed by atoms with van der Waals surface area (Å²) in [6, 6.07) is 3.53. The summed E-state index contributed by atoms with van der Waals surface area (Å²) in [5.74, 6) is 1.02. The smallest absolute Gasteiger partial charge is 0.251 e. The van der Waals surface area contributed by atoms with E-state index in [0.717, 1.165) is 30.9 Å². The van der Waals surface area contributed by atoms with Gasteiger partial charge in [0.1, 0.15) is 0 Å². The van der Waals surface area contributed by atoms with Crippen molar-refractivity contribution < 1.29 is 5.11 Å². The minimum Gasteiger partial charge on any atom is -0.392 e. The highest BCUT2D eigenvalue weighted by Crippen LogP contribution is 2.31. The number of piperidine rings is 1. The zero-order chi connectivity index (χ0) is 11.1. The van der Waals surface area contributed by atoms with E-state index in [2.05, 4.69) is 5.32 Å². The highest BCUT2D eigenvalue weighted by Gasteiger charge is 2.30. The molecule has 0 aliphatic carbocycles. The molecule has 0 amide bonds. The molecule has 86 valence electrons. The Labute approximate surface area is 93.9 Å². The van der Waals surface area contributed by atoms with Crippen LogP contribution in [0.15, 0.2) is 16.9 Å². The largest absolute Gasteiger partial charge is 0.392 e. The van der Waals surface area contributed by atoms with E-state index in [0.29, 0.717) is 11.8 Å². The van der Waals surface area contributed by atoms with Gasteiger partial charge in [-0.05, 0) is 30.5 Å². The molecule has 3 heterocycles. The van der Waals surface area contributed by atoms with Crippen LogP contribution >= 0.6 is 0 Å². The molecule has 0 aromatic carbocycles. The summed E-state index contributed by atoms with van der Waals surface area (Å²) in [6.07, 6.45) is 1.17. The van der Waals surface area contributed by atoms with E-state index in [4.69, 9.17) is 5.11 Å². The number of aromatic nitrogens is 1. The Morgan fingerprint density at radius 3 is 3.12 bits per heavy atom. The van der Waals surface area contributed by atoms with Crippen molar-refractivity contribution in [2.24, 2.45) is 5.92 Å². The van der Waals surface area contributed by atoms with Gasteiger partial charge in [0, 0.05) is 30.8 Å². The lowest BCUT2D eigenvalue weighted by atomic mass is 9.84. The lowest BCUT2D eigenvalue weighted by Gasteiger charge is -2.37. The van der Waals surface area contributed by atoms with Crippen molar-refractivity contribution in [3.8, 4) is 0 Å². The summed E-state index contributed by atoms with van der Waals surface area (Å²) in [5, 5.41) is 12.5. The number of hydrogen-bond donors (Lipinski definition) is 2. The van der Waals surface area contributed by atoms with E-state index >= 15 is 0 Å². The minimum atomic E-state index is -0.0490. The molecule has 1 aromatic heterocycles. The zero-order valence-electron chi connectivity index (χ0n) is 9.15. The van der Waals surface area contributed by atoms with Gasteiger partial charge in [-0.1, -0.05) is 0 Å². The Morgan fingerprint density at radius 2 is 2.31 bits per heavy atom. The standard InChI is InChI=1S/C12H16N2O2/c15-7-8-2-11-10-1-9(4-13-5-10)6-14(11)12(16)3-8/h2-3,9-10,13,15H,1,4-7H2/t9-,10+/m0/s1. The summed E-state index contributed by atoms with van der Waals surface area (Å²) in [7, 11) is 0. The van der Waals surface area contributed by atoms with Gasteiger partial charge in [-0.3, -0.25) is 4.79 Å². The van der Waals surface area contributed by atoms with Crippen LogP contribution in [0.4, 0.5) is 0 Å². The van der Waals surface area contributed by atoms with Crippen molar-refractivity contribution in [3.63, 3.8) is 0 Å². The van der Waals surface area contributed by atoms with Crippen LogP contribution in [0.1, 0.15) is 23.6 Å². The second kappa shape index (κ2) is 3.71. The van der Waals surface area contributed by atoms with E-state index in [1.807, 2.05) is 10.6 Å². The van der Waals surface area contributed by atoms with Gasteiger partial charge in [0.2, 0.25) is 0 Å². The average Bonchev–Trinajstić information content (AvgIpc) is 2.31. The molecule has 2 N–H and O–H groups in total. The first-order valence-corrected chi connectivity index (χ1v) is 5.83. The van der Waals surface area contributed by atoms with Gasteiger partial charge in [0.05, 0.1) is 6.61 Å². The van der Waals surface area contributed by atoms with E-state index in [1.165, 1.54) is 6.42 Å². The quantitative estimate of drug-likeness (QED) is 0.703. The number of nitrogens with one attached hydrogen (secondary N) is 1. The van der Waals surface area contributed by atoms with Gasteiger partial charge in [-0.15, -0.1) is 0 Å². The normalized spacial score (nSPS) is 27.6. The number of nitrogens with zero attached hydrogens (tertiary/aromatic N) is 1. The fraction of sp³-hybridized carbons (Fsp3) is 0.583. The van der Waals surface area contributed by atoms with Crippen LogP contribution in [0.25, 0.3) is 0 Å². The maximum Gasteiger partial charge on any atom is 0.251 e. The Hall–Kier alpha value is -1.13. The van der Waals surface area contributed by atoms with Gasteiger partial charge in [-0.25, -0.2) is 0 Å². The topological polar surface area (TPSA) is 54.3 Å². The molecule has 2 aliphatic rings. The molecule has 2 atom stereocenters. The van der Waals surface area contributed by atoms with Gasteiger partial charge < -0.3 is 15.0 Å². The van der Waals surface area contributed by atoms with Crippen molar-refractivity contribution in [1.29, 1.82) is 0 Å². The van der Waals surface area contributed by atoms with Crippen molar-refractivity contribution >= 4 is 0 Å². The molecule has 0 unspecified atom stereocenters. The molecular formula is C12H16N2O2. The third-order valence-electron chi connectivity index (χ3n) is 3.70. The van der Waals surface area contributed by atoms with Crippen LogP contribution in [-0.2, 0) is 13.2 Å². The fourth-order valence-corrected chi connectivity index (χ4v) is 2.95. The average molecular weight is 220 g/mol. The van der Waals surface area contributed by atoms with Gasteiger partial charge >= 0.3 is 0 Å². The van der Waals surface area contributed by atoms with Crippen LogP contribution in [-0.4, -0.2) is 22.8 Å². The first-order chi connectivity index (χ1) is 7.78. The molecule has 0 spiro atoms. The lowest BCUT2D eigenvalue weighted by Crippen LogP contribution is -2.44. The monoisotopic (exact) mass is 220 g/mol. The minimum absolute atomic E-state index is 0.0400. The molecular weight excluding hydrogens is 204 g/mol. The van der Waals surface area contributed by atoms with Crippen LogP contribution in [0.3, 0.4) is 0 Å². The van der Waals surface area contributed by atoms with Crippen molar-refractivity contribution in [2.75, 3.05) is 13.1 Å². The van der Waals surface area contributed by atoms with Crippen LogP contribution in [0.2, 0.25) is 0 Å². The summed E-state index contributed by atoms with van der Waals surface area (Å²) < 4.78 is 1.89. The molecule has 4 heteroatoms. The lowest BCUT2D eigenvalue weighted by molar-refractivity contribution is 0.253. The Morgan fingerprint density at radius 1 is 1.44 bits per heavy atom. The van der Waals surface area contributed by atoms with E-state index < -0.39 is 0 Å². The highest BCUT2D eigenvalue weighted by atomic mass is 16.3. The molecule has 1 saturated heterocycles. The number of aliphatic hydroxyl groups is 1. The van der Waals surface area contributed by atoms with Crippen molar-refractivity contribution in [2.45, 2.75) is 25.5 Å². The molecule has 16 heavy (non-hydrogen) atoms. The van der Waals surface area contributed by atoms with Crippen LogP contribution < -0.4 is 10.9 Å². The second-order valence-corrected chi connectivity index (χ2v) is 4.85. The summed E-state index contributed by atoms with van der Waals surface area (Å²) in [4.78, 5) is 11.9. The number of pyridine rings is 1. The second-order valence-electron chi connectivity index (χ2n) is 4.85. The SMILES string of the molecule is O=c1cc(CO)cc2n1C[C@@H]1CNC[C@H]2C1. The zero-order valence-corrected chi connectivity index (χ0v) is 9.15. The van der Waals surface area contributed by atoms with Crippen LogP contribution in [0, 0.1) is 5.92 Å². The number of rotatable bonds is 1. The number of aliphatic hydroxyl groups excluding tert-OH is 1. The fourth-order valence-electron chi connectivity index (χ4n) is 2.95. The van der Waals surface area contributed by atoms with E-state index in [9.17, 15) is 4.79 Å². The van der Waals surface area contributed by atoms with Gasteiger partial charge in [0.15, 0.2) is 0 Å². The van der Waals surface area contributed by atoms with E-state index in [-0.39, 0.29) is 12.2 Å². The molecule has 1 aromatic rings. The molecule has 2 bridgehead atoms. The van der Waals surface area contributed by atoms with Crippen LogP contribution in [0.5, 0.6) is 0 Å².